The number of carbonyl (C=O) groups is 2. The van der Waals surface area contributed by atoms with Crippen molar-refractivity contribution in [3.05, 3.63) is 28.8 Å². The average molecular weight is 271 g/mol. The van der Waals surface area contributed by atoms with E-state index in [1.165, 1.54) is 18.2 Å². The van der Waals surface area contributed by atoms with E-state index in [0.29, 0.717) is 18.2 Å². The van der Waals surface area contributed by atoms with Crippen LogP contribution in [0.3, 0.4) is 0 Å². The van der Waals surface area contributed by atoms with E-state index < -0.39 is 5.97 Å². The van der Waals surface area contributed by atoms with Gasteiger partial charge >= 0.3 is 12.0 Å². The number of hydrogen-bond acceptors (Lipinski definition) is 2. The van der Waals surface area contributed by atoms with Crippen LogP contribution in [-0.2, 0) is 0 Å². The summed E-state index contributed by atoms with van der Waals surface area (Å²) >= 11 is 5.78. The Bertz CT molecular complexity index is 461. The summed E-state index contributed by atoms with van der Waals surface area (Å²) in [6, 6.07) is 3.90. The van der Waals surface area contributed by atoms with Crippen LogP contribution < -0.4 is 10.6 Å². The van der Waals surface area contributed by atoms with Gasteiger partial charge in [-0.2, -0.15) is 0 Å². The molecule has 1 rings (SSSR count). The summed E-state index contributed by atoms with van der Waals surface area (Å²) in [6.45, 7) is 4.53. The van der Waals surface area contributed by atoms with Gasteiger partial charge in [0, 0.05) is 12.2 Å². The van der Waals surface area contributed by atoms with Crippen LogP contribution in [0.25, 0.3) is 0 Å². The van der Waals surface area contributed by atoms with Crippen molar-refractivity contribution in [1.29, 1.82) is 0 Å². The molecule has 0 unspecified atom stereocenters. The Labute approximate surface area is 110 Å². The number of benzene rings is 1. The molecule has 0 aliphatic heterocycles. The predicted octanol–water partition coefficient (Wildman–Crippen LogP) is 2.82. The zero-order chi connectivity index (χ0) is 13.7. The maximum absolute atomic E-state index is 11.5. The van der Waals surface area contributed by atoms with E-state index >= 15 is 0 Å². The number of urea groups is 1. The number of halogens is 1. The zero-order valence-corrected chi connectivity index (χ0v) is 10.9. The molecule has 0 fully saturated rings. The molecule has 0 atom stereocenters. The van der Waals surface area contributed by atoms with Crippen molar-refractivity contribution in [2.24, 2.45) is 5.92 Å². The summed E-state index contributed by atoms with van der Waals surface area (Å²) in [5.41, 5.74) is 0.455. The summed E-state index contributed by atoms with van der Waals surface area (Å²) in [5.74, 6) is -0.746. The summed E-state index contributed by atoms with van der Waals surface area (Å²) < 4.78 is 0. The van der Waals surface area contributed by atoms with Crippen LogP contribution in [0.15, 0.2) is 18.2 Å². The first-order valence-corrected chi connectivity index (χ1v) is 5.85. The molecule has 0 radical (unpaired) electrons. The largest absolute Gasteiger partial charge is 0.478 e. The Morgan fingerprint density at radius 2 is 2.06 bits per heavy atom. The minimum Gasteiger partial charge on any atom is -0.478 e. The molecule has 0 aromatic heterocycles. The summed E-state index contributed by atoms with van der Waals surface area (Å²) in [5, 5.41) is 14.1. The van der Waals surface area contributed by atoms with Crippen LogP contribution in [0.2, 0.25) is 5.02 Å². The van der Waals surface area contributed by atoms with E-state index in [1.54, 1.807) is 0 Å². The molecular formula is C12H15ClN2O3. The number of rotatable bonds is 4. The van der Waals surface area contributed by atoms with Crippen molar-refractivity contribution < 1.29 is 14.7 Å². The van der Waals surface area contributed by atoms with Crippen molar-refractivity contribution in [2.75, 3.05) is 11.9 Å². The Hall–Kier alpha value is -1.75. The van der Waals surface area contributed by atoms with Gasteiger partial charge in [-0.15, -0.1) is 0 Å². The van der Waals surface area contributed by atoms with E-state index in [-0.39, 0.29) is 16.6 Å². The van der Waals surface area contributed by atoms with Crippen LogP contribution in [0.4, 0.5) is 10.5 Å². The van der Waals surface area contributed by atoms with E-state index in [9.17, 15) is 9.59 Å². The van der Waals surface area contributed by atoms with Gasteiger partial charge in [-0.1, -0.05) is 25.4 Å². The standard InChI is InChI=1S/C12H15ClN2O3/c1-7(2)6-14-12(18)15-8-3-4-9(11(16)17)10(13)5-8/h3-5,7H,6H2,1-2H3,(H,16,17)(H2,14,15,18). The number of aromatic carboxylic acids is 1. The van der Waals surface area contributed by atoms with Gasteiger partial charge in [0.05, 0.1) is 10.6 Å². The van der Waals surface area contributed by atoms with E-state index in [2.05, 4.69) is 10.6 Å². The molecule has 98 valence electrons. The highest BCUT2D eigenvalue weighted by Crippen LogP contribution is 2.20. The number of carbonyl (C=O) groups excluding carboxylic acids is 1. The highest BCUT2D eigenvalue weighted by molar-refractivity contribution is 6.33. The number of nitrogens with one attached hydrogen (secondary N) is 2. The van der Waals surface area contributed by atoms with Crippen molar-refractivity contribution in [2.45, 2.75) is 13.8 Å². The first-order valence-electron chi connectivity index (χ1n) is 5.48. The van der Waals surface area contributed by atoms with Gasteiger partial charge in [0.25, 0.3) is 0 Å². The minimum absolute atomic E-state index is 0.00445. The maximum atomic E-state index is 11.5. The van der Waals surface area contributed by atoms with Gasteiger partial charge in [0.15, 0.2) is 0 Å². The molecule has 0 bridgehead atoms. The first kappa shape index (κ1) is 14.3. The SMILES string of the molecule is CC(C)CNC(=O)Nc1ccc(C(=O)O)c(Cl)c1. The molecule has 0 heterocycles. The molecular weight excluding hydrogens is 256 g/mol. The van der Waals surface area contributed by atoms with E-state index in [1.807, 2.05) is 13.8 Å². The number of carboxylic acids is 1. The number of carboxylic acid groups (broad SMARTS) is 1. The molecule has 0 aliphatic carbocycles. The van der Waals surface area contributed by atoms with Crippen LogP contribution >= 0.6 is 11.6 Å². The van der Waals surface area contributed by atoms with Gasteiger partial charge in [0.2, 0.25) is 0 Å². The summed E-state index contributed by atoms with van der Waals surface area (Å²) in [7, 11) is 0. The van der Waals surface area contributed by atoms with Crippen molar-refractivity contribution in [3.8, 4) is 0 Å². The Morgan fingerprint density at radius 1 is 1.39 bits per heavy atom. The zero-order valence-electron chi connectivity index (χ0n) is 10.2. The molecule has 18 heavy (non-hydrogen) atoms. The lowest BCUT2D eigenvalue weighted by Gasteiger charge is -2.10. The molecule has 0 aliphatic rings. The predicted molar refractivity (Wildman–Crippen MR) is 70.3 cm³/mol. The third-order valence-corrected chi connectivity index (χ3v) is 2.44. The highest BCUT2D eigenvalue weighted by Gasteiger charge is 2.10. The van der Waals surface area contributed by atoms with Gasteiger partial charge in [0.1, 0.15) is 0 Å². The third kappa shape index (κ3) is 4.25. The summed E-state index contributed by atoms with van der Waals surface area (Å²) in [6.07, 6.45) is 0. The van der Waals surface area contributed by atoms with Crippen LogP contribution in [-0.4, -0.2) is 23.7 Å². The normalized spacial score (nSPS) is 10.2. The topological polar surface area (TPSA) is 78.4 Å². The maximum Gasteiger partial charge on any atom is 0.337 e. The number of anilines is 1. The van der Waals surface area contributed by atoms with Crippen LogP contribution in [0, 0.1) is 5.92 Å². The lowest BCUT2D eigenvalue weighted by Crippen LogP contribution is -2.31. The third-order valence-electron chi connectivity index (χ3n) is 2.13. The molecule has 0 saturated heterocycles. The van der Waals surface area contributed by atoms with Crippen molar-refractivity contribution in [3.63, 3.8) is 0 Å². The Morgan fingerprint density at radius 3 is 2.56 bits per heavy atom. The molecule has 0 spiro atoms. The fraction of sp³-hybridized carbons (Fsp3) is 0.333. The first-order chi connectivity index (χ1) is 8.40. The molecule has 5 nitrogen and oxygen atoms in total. The second-order valence-electron chi connectivity index (χ2n) is 4.23. The number of hydrogen-bond donors (Lipinski definition) is 3. The number of amides is 2. The second-order valence-corrected chi connectivity index (χ2v) is 4.64. The van der Waals surface area contributed by atoms with Crippen LogP contribution in [0.5, 0.6) is 0 Å². The lowest BCUT2D eigenvalue weighted by atomic mass is 10.2. The van der Waals surface area contributed by atoms with Crippen molar-refractivity contribution >= 4 is 29.3 Å². The average Bonchev–Trinajstić information content (AvgIpc) is 2.26. The van der Waals surface area contributed by atoms with E-state index in [4.69, 9.17) is 16.7 Å². The quantitative estimate of drug-likeness (QED) is 0.787. The van der Waals surface area contributed by atoms with E-state index in [0.717, 1.165) is 0 Å². The van der Waals surface area contributed by atoms with Gasteiger partial charge in [-0.25, -0.2) is 9.59 Å². The molecule has 0 saturated carbocycles. The molecule has 2 amide bonds. The van der Waals surface area contributed by atoms with Crippen molar-refractivity contribution in [1.82, 2.24) is 5.32 Å². The molecule has 3 N–H and O–H groups in total. The molecule has 6 heteroatoms. The van der Waals surface area contributed by atoms with Gasteiger partial charge in [-0.05, 0) is 24.1 Å². The highest BCUT2D eigenvalue weighted by atomic mass is 35.5. The molecule has 1 aromatic rings. The monoisotopic (exact) mass is 270 g/mol. The smallest absolute Gasteiger partial charge is 0.337 e. The Kier molecular flexibility index (Phi) is 4.97. The second kappa shape index (κ2) is 6.26. The minimum atomic E-state index is -1.10. The lowest BCUT2D eigenvalue weighted by molar-refractivity contribution is 0.0697. The molecule has 1 aromatic carbocycles. The van der Waals surface area contributed by atoms with Gasteiger partial charge < -0.3 is 15.7 Å². The fourth-order valence-corrected chi connectivity index (χ4v) is 1.50. The fourth-order valence-electron chi connectivity index (χ4n) is 1.24. The van der Waals surface area contributed by atoms with Gasteiger partial charge in [-0.3, -0.25) is 0 Å². The summed E-state index contributed by atoms with van der Waals surface area (Å²) in [4.78, 5) is 22.2. The van der Waals surface area contributed by atoms with Crippen LogP contribution in [0.1, 0.15) is 24.2 Å². The Balaban J connectivity index is 2.66.